The third-order valence-corrected chi connectivity index (χ3v) is 3.11. The molecular formula is C13H16N2O4S. The van der Waals surface area contributed by atoms with Crippen molar-refractivity contribution < 1.29 is 19.2 Å². The zero-order valence-electron chi connectivity index (χ0n) is 11.5. The second-order valence-electron chi connectivity index (χ2n) is 5.30. The van der Waals surface area contributed by atoms with Crippen LogP contribution in [-0.2, 0) is 22.6 Å². The number of carbonyl (C=O) groups excluding carboxylic acids is 2. The topological polar surface area (TPSA) is 93.3 Å². The van der Waals surface area contributed by atoms with Gasteiger partial charge in [-0.1, -0.05) is 25.9 Å². The Morgan fingerprint density at radius 2 is 2.05 bits per heavy atom. The maximum atomic E-state index is 8.96. The SMILES string of the molecule is CC(C)(C)Cc1cc(-c2nc(CO)cs2)no1.O=C=O. The van der Waals surface area contributed by atoms with Crippen LogP contribution in [0.1, 0.15) is 32.2 Å². The molecule has 0 aliphatic rings. The van der Waals surface area contributed by atoms with Crippen LogP contribution in [0.5, 0.6) is 0 Å². The van der Waals surface area contributed by atoms with E-state index in [1.807, 2.05) is 11.4 Å². The van der Waals surface area contributed by atoms with Crippen LogP contribution in [0, 0.1) is 5.41 Å². The van der Waals surface area contributed by atoms with Crippen LogP contribution >= 0.6 is 11.3 Å². The summed E-state index contributed by atoms with van der Waals surface area (Å²) in [6.45, 7) is 6.43. The summed E-state index contributed by atoms with van der Waals surface area (Å²) in [5.74, 6) is 0.869. The Labute approximate surface area is 120 Å². The average Bonchev–Trinajstić information content (AvgIpc) is 2.95. The van der Waals surface area contributed by atoms with Gasteiger partial charge >= 0.3 is 6.15 Å². The van der Waals surface area contributed by atoms with Crippen molar-refractivity contribution in [3.63, 3.8) is 0 Å². The maximum absolute atomic E-state index is 8.96. The first-order valence-electron chi connectivity index (χ1n) is 5.90. The van der Waals surface area contributed by atoms with E-state index in [1.54, 1.807) is 0 Å². The first-order chi connectivity index (χ1) is 9.39. The number of aromatic nitrogens is 2. The smallest absolute Gasteiger partial charge is 0.373 e. The van der Waals surface area contributed by atoms with Crippen molar-refractivity contribution in [2.24, 2.45) is 5.41 Å². The van der Waals surface area contributed by atoms with E-state index in [0.717, 1.165) is 22.9 Å². The Bertz CT molecular complexity index is 577. The lowest BCUT2D eigenvalue weighted by Gasteiger charge is -2.14. The Morgan fingerprint density at radius 1 is 1.40 bits per heavy atom. The fourth-order valence-corrected chi connectivity index (χ4v) is 2.28. The van der Waals surface area contributed by atoms with Gasteiger partial charge in [0.1, 0.15) is 16.5 Å². The highest BCUT2D eigenvalue weighted by atomic mass is 32.1. The largest absolute Gasteiger partial charge is 0.390 e. The summed E-state index contributed by atoms with van der Waals surface area (Å²) in [6, 6.07) is 1.92. The third kappa shape index (κ3) is 5.05. The lowest BCUT2D eigenvalue weighted by atomic mass is 9.91. The predicted octanol–water partition coefficient (Wildman–Crippen LogP) is 2.30. The van der Waals surface area contributed by atoms with Crippen LogP contribution in [-0.4, -0.2) is 21.4 Å². The maximum Gasteiger partial charge on any atom is 0.373 e. The van der Waals surface area contributed by atoms with E-state index in [-0.39, 0.29) is 18.2 Å². The van der Waals surface area contributed by atoms with Crippen LogP contribution in [0.3, 0.4) is 0 Å². The zero-order chi connectivity index (χ0) is 15.2. The molecule has 0 aliphatic heterocycles. The summed E-state index contributed by atoms with van der Waals surface area (Å²) >= 11 is 1.46. The van der Waals surface area contributed by atoms with Crippen molar-refractivity contribution in [2.75, 3.05) is 0 Å². The summed E-state index contributed by atoms with van der Waals surface area (Å²) in [4.78, 5) is 20.5. The van der Waals surface area contributed by atoms with Crippen LogP contribution in [0.4, 0.5) is 0 Å². The minimum atomic E-state index is -0.0385. The summed E-state index contributed by atoms with van der Waals surface area (Å²) in [6.07, 6.45) is 1.10. The van der Waals surface area contributed by atoms with Gasteiger partial charge in [0, 0.05) is 17.9 Å². The molecule has 0 saturated carbocycles. The molecule has 2 aromatic heterocycles. The van der Waals surface area contributed by atoms with E-state index in [4.69, 9.17) is 19.2 Å². The molecule has 0 bridgehead atoms. The number of aliphatic hydroxyl groups is 1. The van der Waals surface area contributed by atoms with E-state index in [9.17, 15) is 0 Å². The molecule has 0 spiro atoms. The monoisotopic (exact) mass is 296 g/mol. The highest BCUT2D eigenvalue weighted by Gasteiger charge is 2.16. The Balaban J connectivity index is 0.000000612. The Kier molecular flexibility index (Phi) is 5.76. The lowest BCUT2D eigenvalue weighted by Crippen LogP contribution is -2.08. The number of rotatable bonds is 3. The van der Waals surface area contributed by atoms with Crippen molar-refractivity contribution in [3.8, 4) is 10.7 Å². The molecule has 1 N–H and O–H groups in total. The fourth-order valence-electron chi connectivity index (χ4n) is 1.52. The molecule has 2 heterocycles. The van der Waals surface area contributed by atoms with E-state index in [1.165, 1.54) is 11.3 Å². The van der Waals surface area contributed by atoms with Crippen LogP contribution < -0.4 is 0 Å². The van der Waals surface area contributed by atoms with Gasteiger partial charge in [0.25, 0.3) is 0 Å². The number of thiazole rings is 1. The van der Waals surface area contributed by atoms with Crippen LogP contribution in [0.2, 0.25) is 0 Å². The molecule has 2 rings (SSSR count). The highest BCUT2D eigenvalue weighted by molar-refractivity contribution is 7.13. The molecule has 0 fully saturated rings. The normalized spacial score (nSPS) is 10.6. The van der Waals surface area contributed by atoms with Gasteiger partial charge in [0.05, 0.1) is 12.3 Å². The summed E-state index contributed by atoms with van der Waals surface area (Å²) in [7, 11) is 0. The number of nitrogens with zero attached hydrogens (tertiary/aromatic N) is 2. The first-order valence-corrected chi connectivity index (χ1v) is 6.78. The van der Waals surface area contributed by atoms with Gasteiger partial charge in [0.15, 0.2) is 0 Å². The summed E-state index contributed by atoms with van der Waals surface area (Å²) < 4.78 is 5.29. The minimum absolute atomic E-state index is 0.0385. The standard InChI is InChI=1S/C12H16N2O2S.CO2/c1-12(2,3)5-9-4-10(14-16-9)11-13-8(6-15)7-17-11;2-1-3/h4,7,15H,5-6H2,1-3H3;. The quantitative estimate of drug-likeness (QED) is 0.934. The Hall–Kier alpha value is -1.82. The molecule has 2 aromatic rings. The highest BCUT2D eigenvalue weighted by Crippen LogP contribution is 2.26. The van der Waals surface area contributed by atoms with Gasteiger partial charge in [0.2, 0.25) is 0 Å². The average molecular weight is 296 g/mol. The van der Waals surface area contributed by atoms with Crippen molar-refractivity contribution in [1.82, 2.24) is 10.1 Å². The van der Waals surface area contributed by atoms with Crippen molar-refractivity contribution in [3.05, 3.63) is 22.9 Å². The molecule has 0 saturated heterocycles. The van der Waals surface area contributed by atoms with E-state index >= 15 is 0 Å². The molecule has 0 aliphatic carbocycles. The van der Waals surface area contributed by atoms with Crippen molar-refractivity contribution in [1.29, 1.82) is 0 Å². The van der Waals surface area contributed by atoms with Gasteiger partial charge in [-0.15, -0.1) is 11.3 Å². The lowest BCUT2D eigenvalue weighted by molar-refractivity contribution is -0.191. The second kappa shape index (κ2) is 7.09. The molecule has 0 radical (unpaired) electrons. The molecule has 0 amide bonds. The van der Waals surface area contributed by atoms with Crippen LogP contribution in [0.15, 0.2) is 16.0 Å². The van der Waals surface area contributed by atoms with Crippen molar-refractivity contribution >= 4 is 17.5 Å². The minimum Gasteiger partial charge on any atom is -0.390 e. The van der Waals surface area contributed by atoms with Gasteiger partial charge in [-0.25, -0.2) is 4.98 Å². The third-order valence-electron chi connectivity index (χ3n) is 2.20. The predicted molar refractivity (Wildman–Crippen MR) is 71.7 cm³/mol. The molecule has 0 aromatic carbocycles. The molecule has 20 heavy (non-hydrogen) atoms. The van der Waals surface area contributed by atoms with Gasteiger partial charge in [-0.05, 0) is 5.41 Å². The van der Waals surface area contributed by atoms with Crippen molar-refractivity contribution in [2.45, 2.75) is 33.8 Å². The van der Waals surface area contributed by atoms with Gasteiger partial charge in [-0.3, -0.25) is 0 Å². The molecule has 6 nitrogen and oxygen atoms in total. The zero-order valence-corrected chi connectivity index (χ0v) is 12.4. The fraction of sp³-hybridized carbons (Fsp3) is 0.462. The molecular weight excluding hydrogens is 280 g/mol. The number of aliphatic hydroxyl groups excluding tert-OH is 1. The van der Waals surface area contributed by atoms with E-state index in [2.05, 4.69) is 30.9 Å². The first kappa shape index (κ1) is 16.2. The molecule has 7 heteroatoms. The summed E-state index contributed by atoms with van der Waals surface area (Å²) in [5, 5.41) is 15.6. The summed E-state index contributed by atoms with van der Waals surface area (Å²) in [5.41, 5.74) is 1.59. The Morgan fingerprint density at radius 3 is 2.55 bits per heavy atom. The van der Waals surface area contributed by atoms with E-state index in [0.29, 0.717) is 5.69 Å². The molecule has 108 valence electrons. The molecule has 0 unspecified atom stereocenters. The second-order valence-corrected chi connectivity index (χ2v) is 6.16. The van der Waals surface area contributed by atoms with Gasteiger partial charge < -0.3 is 9.63 Å². The number of hydrogen-bond donors (Lipinski definition) is 1. The van der Waals surface area contributed by atoms with Gasteiger partial charge in [-0.2, -0.15) is 9.59 Å². The van der Waals surface area contributed by atoms with Crippen LogP contribution in [0.25, 0.3) is 10.7 Å². The van der Waals surface area contributed by atoms with E-state index < -0.39 is 0 Å². The number of hydrogen-bond acceptors (Lipinski definition) is 7. The molecule has 0 atom stereocenters.